The van der Waals surface area contributed by atoms with Gasteiger partial charge < -0.3 is 14.6 Å². The molecule has 1 aliphatic heterocycles. The van der Waals surface area contributed by atoms with E-state index in [0.29, 0.717) is 11.6 Å². The summed E-state index contributed by atoms with van der Waals surface area (Å²) in [6.45, 7) is 8.13. The average molecular weight is 315 g/mol. The lowest BCUT2D eigenvalue weighted by Gasteiger charge is -2.32. The minimum atomic E-state index is -0.431. The van der Waals surface area contributed by atoms with Crippen molar-refractivity contribution in [3.05, 3.63) is 29.8 Å². The third-order valence-electron chi connectivity index (χ3n) is 5.36. The molecule has 2 aliphatic rings. The van der Waals surface area contributed by atoms with Gasteiger partial charge in [-0.2, -0.15) is 0 Å². The van der Waals surface area contributed by atoms with Crippen LogP contribution in [0.1, 0.15) is 63.7 Å². The van der Waals surface area contributed by atoms with Crippen LogP contribution in [0.3, 0.4) is 0 Å². The highest BCUT2D eigenvalue weighted by molar-refractivity contribution is 6.62. The third kappa shape index (κ3) is 3.31. The molecule has 0 radical (unpaired) electrons. The van der Waals surface area contributed by atoms with E-state index in [4.69, 9.17) is 9.31 Å². The maximum atomic E-state index is 12.4. The second kappa shape index (κ2) is 5.95. The largest absolute Gasteiger partial charge is 0.494 e. The number of nitrogens with one attached hydrogen (secondary N) is 1. The Kier molecular flexibility index (Phi) is 4.28. The Morgan fingerprint density at radius 3 is 2.35 bits per heavy atom. The van der Waals surface area contributed by atoms with Crippen LogP contribution in [0.5, 0.6) is 0 Å². The molecule has 1 amide bonds. The molecule has 4 nitrogen and oxygen atoms in total. The summed E-state index contributed by atoms with van der Waals surface area (Å²) in [5.41, 5.74) is 0.811. The SMILES string of the molecule is CC1(C)OB(c2cccc(C(=O)NC3CCCC3)c2)OC1(C)C. The lowest BCUT2D eigenvalue weighted by Crippen LogP contribution is -2.41. The molecule has 5 heteroatoms. The molecule has 2 fully saturated rings. The summed E-state index contributed by atoms with van der Waals surface area (Å²) in [5.74, 6) is -0.00438. The minimum absolute atomic E-state index is 0.00438. The molecule has 1 N–H and O–H groups in total. The summed E-state index contributed by atoms with van der Waals surface area (Å²) in [4.78, 5) is 12.4. The second-order valence-electron chi connectivity index (χ2n) is 7.67. The van der Waals surface area contributed by atoms with Crippen LogP contribution in [0.25, 0.3) is 0 Å². The zero-order valence-corrected chi connectivity index (χ0v) is 14.5. The molecule has 124 valence electrons. The lowest BCUT2D eigenvalue weighted by molar-refractivity contribution is 0.00578. The Morgan fingerprint density at radius 1 is 1.13 bits per heavy atom. The number of amides is 1. The molecule has 1 saturated carbocycles. The molecule has 0 spiro atoms. The number of carbonyl (C=O) groups excluding carboxylic acids is 1. The normalized spacial score (nSPS) is 23.2. The Hall–Kier alpha value is -1.33. The monoisotopic (exact) mass is 315 g/mol. The summed E-state index contributed by atoms with van der Waals surface area (Å²) < 4.78 is 12.1. The van der Waals surface area contributed by atoms with Gasteiger partial charge >= 0.3 is 7.12 Å². The van der Waals surface area contributed by atoms with E-state index in [1.54, 1.807) is 0 Å². The molecule has 1 aromatic rings. The highest BCUT2D eigenvalue weighted by Gasteiger charge is 2.51. The van der Waals surface area contributed by atoms with E-state index in [1.807, 2.05) is 52.0 Å². The molecule has 0 unspecified atom stereocenters. The Balaban J connectivity index is 1.74. The van der Waals surface area contributed by atoms with Gasteiger partial charge in [0, 0.05) is 11.6 Å². The van der Waals surface area contributed by atoms with Gasteiger partial charge in [0.2, 0.25) is 0 Å². The van der Waals surface area contributed by atoms with Crippen molar-refractivity contribution in [3.63, 3.8) is 0 Å². The topological polar surface area (TPSA) is 47.6 Å². The Labute approximate surface area is 139 Å². The molecule has 0 bridgehead atoms. The molecule has 0 atom stereocenters. The van der Waals surface area contributed by atoms with Crippen LogP contribution in [0, 0.1) is 0 Å². The van der Waals surface area contributed by atoms with Crippen LogP contribution in [0.15, 0.2) is 24.3 Å². The van der Waals surface area contributed by atoms with Gasteiger partial charge in [-0.1, -0.05) is 25.0 Å². The lowest BCUT2D eigenvalue weighted by atomic mass is 9.78. The molecule has 3 rings (SSSR count). The average Bonchev–Trinajstić information content (AvgIpc) is 3.05. The Bertz CT molecular complexity index is 578. The first-order chi connectivity index (χ1) is 10.8. The van der Waals surface area contributed by atoms with E-state index in [1.165, 1.54) is 12.8 Å². The van der Waals surface area contributed by atoms with Gasteiger partial charge in [0.05, 0.1) is 11.2 Å². The Morgan fingerprint density at radius 2 is 1.74 bits per heavy atom. The third-order valence-corrected chi connectivity index (χ3v) is 5.36. The van der Waals surface area contributed by atoms with Gasteiger partial charge in [-0.25, -0.2) is 0 Å². The summed E-state index contributed by atoms with van der Waals surface area (Å²) in [6, 6.07) is 7.90. The molecular weight excluding hydrogens is 289 g/mol. The van der Waals surface area contributed by atoms with Crippen molar-refractivity contribution in [2.24, 2.45) is 0 Å². The summed E-state index contributed by atoms with van der Waals surface area (Å²) in [6.07, 6.45) is 4.59. The zero-order valence-electron chi connectivity index (χ0n) is 14.5. The quantitative estimate of drug-likeness (QED) is 0.873. The van der Waals surface area contributed by atoms with Gasteiger partial charge in [-0.05, 0) is 58.1 Å². The number of benzene rings is 1. The molecule has 1 heterocycles. The highest BCUT2D eigenvalue weighted by atomic mass is 16.7. The van der Waals surface area contributed by atoms with Crippen LogP contribution in [0.4, 0.5) is 0 Å². The van der Waals surface area contributed by atoms with E-state index in [9.17, 15) is 4.79 Å². The first-order valence-electron chi connectivity index (χ1n) is 8.55. The minimum Gasteiger partial charge on any atom is -0.399 e. The van der Waals surface area contributed by atoms with Crippen molar-refractivity contribution in [2.45, 2.75) is 70.6 Å². The number of hydrogen-bond acceptors (Lipinski definition) is 3. The second-order valence-corrected chi connectivity index (χ2v) is 7.67. The van der Waals surface area contributed by atoms with Crippen LogP contribution in [-0.4, -0.2) is 30.3 Å². The fourth-order valence-electron chi connectivity index (χ4n) is 3.14. The molecular formula is C18H26BNO3. The van der Waals surface area contributed by atoms with Crippen LogP contribution in [-0.2, 0) is 9.31 Å². The number of hydrogen-bond donors (Lipinski definition) is 1. The molecule has 23 heavy (non-hydrogen) atoms. The number of carbonyl (C=O) groups is 1. The predicted molar refractivity (Wildman–Crippen MR) is 91.9 cm³/mol. The van der Waals surface area contributed by atoms with E-state index in [2.05, 4.69) is 5.32 Å². The summed E-state index contributed by atoms with van der Waals surface area (Å²) in [7, 11) is -0.431. The van der Waals surface area contributed by atoms with Gasteiger partial charge in [-0.3, -0.25) is 4.79 Å². The fraction of sp³-hybridized carbons (Fsp3) is 0.611. The van der Waals surface area contributed by atoms with Gasteiger partial charge in [0.25, 0.3) is 5.91 Å². The summed E-state index contributed by atoms with van der Waals surface area (Å²) >= 11 is 0. The predicted octanol–water partition coefficient (Wildman–Crippen LogP) is 2.66. The van der Waals surface area contributed by atoms with E-state index in [-0.39, 0.29) is 17.1 Å². The fourth-order valence-corrected chi connectivity index (χ4v) is 3.14. The first-order valence-corrected chi connectivity index (χ1v) is 8.55. The van der Waals surface area contributed by atoms with Gasteiger partial charge in [-0.15, -0.1) is 0 Å². The number of rotatable bonds is 3. The standard InChI is InChI=1S/C18H26BNO3/c1-17(2)18(3,4)23-19(22-17)14-9-7-8-13(12-14)16(21)20-15-10-5-6-11-15/h7-9,12,15H,5-6,10-11H2,1-4H3,(H,20,21). The van der Waals surface area contributed by atoms with Crippen molar-refractivity contribution < 1.29 is 14.1 Å². The van der Waals surface area contributed by atoms with Crippen molar-refractivity contribution in [3.8, 4) is 0 Å². The van der Waals surface area contributed by atoms with Crippen LogP contribution < -0.4 is 10.8 Å². The van der Waals surface area contributed by atoms with Crippen LogP contribution in [0.2, 0.25) is 0 Å². The van der Waals surface area contributed by atoms with Crippen molar-refractivity contribution in [1.29, 1.82) is 0 Å². The summed E-state index contributed by atoms with van der Waals surface area (Å²) in [5, 5.41) is 3.12. The van der Waals surface area contributed by atoms with E-state index < -0.39 is 7.12 Å². The van der Waals surface area contributed by atoms with Crippen molar-refractivity contribution in [1.82, 2.24) is 5.32 Å². The molecule has 1 aliphatic carbocycles. The molecule has 0 aromatic heterocycles. The highest BCUT2D eigenvalue weighted by Crippen LogP contribution is 2.36. The zero-order chi connectivity index (χ0) is 16.7. The maximum absolute atomic E-state index is 12.4. The molecule has 1 saturated heterocycles. The van der Waals surface area contributed by atoms with Crippen molar-refractivity contribution >= 4 is 18.5 Å². The smallest absolute Gasteiger partial charge is 0.399 e. The van der Waals surface area contributed by atoms with Crippen molar-refractivity contribution in [2.75, 3.05) is 0 Å². The van der Waals surface area contributed by atoms with E-state index >= 15 is 0 Å². The maximum Gasteiger partial charge on any atom is 0.494 e. The van der Waals surface area contributed by atoms with Crippen LogP contribution >= 0.6 is 0 Å². The van der Waals surface area contributed by atoms with E-state index in [0.717, 1.165) is 18.3 Å². The van der Waals surface area contributed by atoms with Gasteiger partial charge in [0.15, 0.2) is 0 Å². The molecule has 1 aromatic carbocycles. The van der Waals surface area contributed by atoms with Gasteiger partial charge in [0.1, 0.15) is 0 Å². The first kappa shape index (κ1) is 16.5.